The monoisotopic (exact) mass is 549 g/mol. The SMILES string of the molecule is [C-](=C(c1ccccc1)c1cc2ccccc2cn1)c1ccc2ccccc2c1.[Ir]. The summed E-state index contributed by atoms with van der Waals surface area (Å²) in [5.41, 5.74) is 4.09. The van der Waals surface area contributed by atoms with Crippen molar-refractivity contribution in [1.82, 2.24) is 4.98 Å². The number of hydrogen-bond acceptors (Lipinski definition) is 1. The van der Waals surface area contributed by atoms with Crippen LogP contribution in [0.15, 0.2) is 109 Å². The number of rotatable bonds is 3. The fourth-order valence-corrected chi connectivity index (χ4v) is 3.52. The summed E-state index contributed by atoms with van der Waals surface area (Å²) in [5.74, 6) is 0. The van der Waals surface area contributed by atoms with Gasteiger partial charge in [0.15, 0.2) is 0 Å². The van der Waals surface area contributed by atoms with E-state index in [0.717, 1.165) is 27.8 Å². The van der Waals surface area contributed by atoms with Gasteiger partial charge in [0.1, 0.15) is 0 Å². The smallest absolute Gasteiger partial charge is 0.0261 e. The first-order valence-corrected chi connectivity index (χ1v) is 9.40. The summed E-state index contributed by atoms with van der Waals surface area (Å²) >= 11 is 0. The second-order valence-corrected chi connectivity index (χ2v) is 6.84. The van der Waals surface area contributed by atoms with Gasteiger partial charge in [-0.25, -0.2) is 0 Å². The molecule has 0 amide bonds. The number of pyridine rings is 1. The van der Waals surface area contributed by atoms with Crippen LogP contribution in [-0.4, -0.2) is 4.98 Å². The van der Waals surface area contributed by atoms with E-state index in [-0.39, 0.29) is 20.1 Å². The molecule has 2 heteroatoms. The summed E-state index contributed by atoms with van der Waals surface area (Å²) in [6.45, 7) is 0. The summed E-state index contributed by atoms with van der Waals surface area (Å²) < 4.78 is 0. The Bertz CT molecular complexity index is 1310. The molecule has 1 radical (unpaired) electrons. The Labute approximate surface area is 184 Å². The minimum Gasteiger partial charge on any atom is -0.294 e. The van der Waals surface area contributed by atoms with E-state index in [1.54, 1.807) is 0 Å². The maximum atomic E-state index is 4.74. The molecule has 5 rings (SSSR count). The molecular formula is C27H18IrN-. The van der Waals surface area contributed by atoms with Gasteiger partial charge in [-0.15, -0.1) is 23.8 Å². The average molecular weight is 549 g/mol. The molecule has 4 aromatic carbocycles. The second-order valence-electron chi connectivity index (χ2n) is 6.84. The van der Waals surface area contributed by atoms with Crippen molar-refractivity contribution in [2.24, 2.45) is 0 Å². The normalized spacial score (nSPS) is 11.4. The van der Waals surface area contributed by atoms with E-state index in [9.17, 15) is 0 Å². The predicted octanol–water partition coefficient (Wildman–Crippen LogP) is 6.67. The van der Waals surface area contributed by atoms with Crippen molar-refractivity contribution in [2.45, 2.75) is 0 Å². The van der Waals surface area contributed by atoms with E-state index in [1.807, 2.05) is 18.3 Å². The van der Waals surface area contributed by atoms with Gasteiger partial charge in [0.25, 0.3) is 0 Å². The van der Waals surface area contributed by atoms with Crippen molar-refractivity contribution >= 4 is 27.1 Å². The second kappa shape index (κ2) is 8.53. The molecule has 1 nitrogen and oxygen atoms in total. The Morgan fingerprint density at radius 1 is 0.586 bits per heavy atom. The standard InChI is InChI=1S/C27H18N.Ir/c1-2-9-22(10-3-1)26(27-18-24-12-6-7-13-25(24)19-28-27)17-20-14-15-21-8-4-5-11-23(21)16-20;/h1-16,18-19H;/q-1;. The zero-order chi connectivity index (χ0) is 18.8. The molecule has 0 unspecified atom stereocenters. The molecule has 0 fully saturated rings. The van der Waals surface area contributed by atoms with E-state index in [4.69, 9.17) is 4.98 Å². The van der Waals surface area contributed by atoms with E-state index in [0.29, 0.717) is 0 Å². The molecule has 0 bridgehead atoms. The van der Waals surface area contributed by atoms with Crippen molar-refractivity contribution in [3.8, 4) is 0 Å². The van der Waals surface area contributed by atoms with Crippen LogP contribution in [0.4, 0.5) is 0 Å². The number of nitrogens with zero attached hydrogens (tertiary/aromatic N) is 1. The molecule has 1 aromatic heterocycles. The molecule has 141 valence electrons. The van der Waals surface area contributed by atoms with Crippen LogP contribution in [-0.2, 0) is 20.1 Å². The summed E-state index contributed by atoms with van der Waals surface area (Å²) in [4.78, 5) is 4.74. The summed E-state index contributed by atoms with van der Waals surface area (Å²) in [5, 5.41) is 4.77. The van der Waals surface area contributed by atoms with Gasteiger partial charge in [-0.3, -0.25) is 4.98 Å². The topological polar surface area (TPSA) is 12.9 Å². The van der Waals surface area contributed by atoms with Crippen LogP contribution < -0.4 is 0 Å². The Kier molecular flexibility index (Phi) is 5.66. The van der Waals surface area contributed by atoms with Crippen LogP contribution in [0.5, 0.6) is 0 Å². The first-order chi connectivity index (χ1) is 13.9. The van der Waals surface area contributed by atoms with Gasteiger partial charge in [-0.2, -0.15) is 0 Å². The van der Waals surface area contributed by atoms with Crippen LogP contribution in [0.1, 0.15) is 16.8 Å². The first-order valence-electron chi connectivity index (χ1n) is 9.40. The molecule has 29 heavy (non-hydrogen) atoms. The maximum absolute atomic E-state index is 4.74. The van der Waals surface area contributed by atoms with Gasteiger partial charge in [-0.1, -0.05) is 108 Å². The zero-order valence-corrected chi connectivity index (χ0v) is 18.1. The number of aromatic nitrogens is 1. The van der Waals surface area contributed by atoms with Crippen molar-refractivity contribution in [2.75, 3.05) is 0 Å². The van der Waals surface area contributed by atoms with E-state index in [1.165, 1.54) is 16.2 Å². The van der Waals surface area contributed by atoms with Gasteiger partial charge in [0.05, 0.1) is 0 Å². The molecule has 0 atom stereocenters. The third kappa shape index (κ3) is 4.05. The van der Waals surface area contributed by atoms with Crippen molar-refractivity contribution in [1.29, 1.82) is 0 Å². The zero-order valence-electron chi connectivity index (χ0n) is 15.7. The van der Waals surface area contributed by atoms with Gasteiger partial charge < -0.3 is 0 Å². The van der Waals surface area contributed by atoms with Gasteiger partial charge >= 0.3 is 0 Å². The Balaban J connectivity index is 0.00000205. The molecule has 0 aliphatic heterocycles. The Morgan fingerprint density at radius 2 is 1.21 bits per heavy atom. The molecule has 0 saturated carbocycles. The van der Waals surface area contributed by atoms with Crippen LogP contribution in [0.25, 0.3) is 27.1 Å². The van der Waals surface area contributed by atoms with Crippen molar-refractivity contribution in [3.63, 3.8) is 0 Å². The summed E-state index contributed by atoms with van der Waals surface area (Å²) in [6, 6.07) is 35.7. The molecule has 0 aliphatic rings. The molecule has 1 heterocycles. The van der Waals surface area contributed by atoms with Gasteiger partial charge in [-0.05, 0) is 16.2 Å². The van der Waals surface area contributed by atoms with E-state index < -0.39 is 0 Å². The third-order valence-corrected chi connectivity index (χ3v) is 4.97. The Morgan fingerprint density at radius 3 is 1.97 bits per heavy atom. The molecule has 0 N–H and O–H groups in total. The third-order valence-electron chi connectivity index (χ3n) is 4.97. The fourth-order valence-electron chi connectivity index (χ4n) is 3.52. The van der Waals surface area contributed by atoms with Crippen molar-refractivity contribution < 1.29 is 20.1 Å². The van der Waals surface area contributed by atoms with Gasteiger partial charge in [0, 0.05) is 32.0 Å². The largest absolute Gasteiger partial charge is 0.294 e. The van der Waals surface area contributed by atoms with Crippen LogP contribution >= 0.6 is 0 Å². The molecular weight excluding hydrogens is 531 g/mol. The van der Waals surface area contributed by atoms with Crippen molar-refractivity contribution in [3.05, 3.63) is 132 Å². The number of fused-ring (bicyclic) bond motifs is 2. The quantitative estimate of drug-likeness (QED) is 0.181. The molecule has 0 spiro atoms. The van der Waals surface area contributed by atoms with Crippen LogP contribution in [0, 0.1) is 6.08 Å². The molecule has 0 saturated heterocycles. The summed E-state index contributed by atoms with van der Waals surface area (Å²) in [7, 11) is 0. The Hall–Kier alpha value is -3.06. The number of benzene rings is 4. The van der Waals surface area contributed by atoms with Crippen LogP contribution in [0.3, 0.4) is 0 Å². The minimum absolute atomic E-state index is 0. The number of hydrogen-bond donors (Lipinski definition) is 0. The van der Waals surface area contributed by atoms with E-state index in [2.05, 4.69) is 97.1 Å². The fraction of sp³-hybridized carbons (Fsp3) is 0. The molecule has 0 aliphatic carbocycles. The minimum atomic E-state index is 0. The van der Waals surface area contributed by atoms with Gasteiger partial charge in [0.2, 0.25) is 0 Å². The first kappa shape index (κ1) is 19.3. The van der Waals surface area contributed by atoms with E-state index >= 15 is 0 Å². The molecule has 5 aromatic rings. The maximum Gasteiger partial charge on any atom is 0.0261 e. The summed E-state index contributed by atoms with van der Waals surface area (Å²) in [6.07, 6.45) is 5.56. The van der Waals surface area contributed by atoms with Crippen LogP contribution in [0.2, 0.25) is 0 Å². The average Bonchev–Trinajstić information content (AvgIpc) is 2.77. The predicted molar refractivity (Wildman–Crippen MR) is 117 cm³/mol.